The van der Waals surface area contributed by atoms with Gasteiger partial charge in [-0.25, -0.2) is 0 Å². The molecule has 1 rings (SSSR count). The van der Waals surface area contributed by atoms with Crippen LogP contribution in [0, 0.1) is 0 Å². The highest BCUT2D eigenvalue weighted by Crippen LogP contribution is 1.96. The molecule has 1 aromatic carbocycles. The molecule has 0 aliphatic heterocycles. The number of carbonyl (C=O) groups excluding carboxylic acids is 2. The van der Waals surface area contributed by atoms with E-state index in [0.29, 0.717) is 5.56 Å². The average Bonchev–Trinajstić information content (AvgIpc) is 2.26. The van der Waals surface area contributed by atoms with Gasteiger partial charge in [-0.3, -0.25) is 14.9 Å². The molecule has 0 saturated heterocycles. The third-order valence-corrected chi connectivity index (χ3v) is 1.69. The van der Waals surface area contributed by atoms with Gasteiger partial charge in [-0.05, 0) is 12.1 Å². The number of hydrogen-bond acceptors (Lipinski definition) is 2. The number of likely N-dealkylation sites (N-methyl/N-ethyl adjacent to an activating group) is 1. The van der Waals surface area contributed by atoms with E-state index >= 15 is 0 Å². The molecule has 4 heteroatoms. The zero-order chi connectivity index (χ0) is 10.4. The van der Waals surface area contributed by atoms with Crippen LogP contribution < -0.4 is 10.6 Å². The fourth-order valence-electron chi connectivity index (χ4n) is 0.927. The maximum atomic E-state index is 11.4. The van der Waals surface area contributed by atoms with Gasteiger partial charge in [0.2, 0.25) is 0 Å². The van der Waals surface area contributed by atoms with Crippen molar-refractivity contribution >= 4 is 11.8 Å². The minimum atomic E-state index is -0.339. The van der Waals surface area contributed by atoms with Crippen LogP contribution >= 0.6 is 0 Å². The zero-order valence-electron chi connectivity index (χ0n) is 7.86. The number of carbonyl (C=O) groups is 2. The molecule has 1 radical (unpaired) electrons. The lowest BCUT2D eigenvalue weighted by Crippen LogP contribution is -2.32. The van der Waals surface area contributed by atoms with Gasteiger partial charge in [-0.2, -0.15) is 0 Å². The van der Waals surface area contributed by atoms with E-state index in [1.165, 1.54) is 7.05 Å². The molecule has 14 heavy (non-hydrogen) atoms. The summed E-state index contributed by atoms with van der Waals surface area (Å²) in [4.78, 5) is 22.1. The SMILES string of the molecule is C[N]C(=O)CNC(=O)c1ccccc1. The van der Waals surface area contributed by atoms with Crippen molar-refractivity contribution in [1.82, 2.24) is 10.6 Å². The maximum absolute atomic E-state index is 11.4. The van der Waals surface area contributed by atoms with Crippen LogP contribution in [0.1, 0.15) is 10.4 Å². The lowest BCUT2D eigenvalue weighted by molar-refractivity contribution is -0.119. The molecule has 0 unspecified atom stereocenters. The molecular weight excluding hydrogens is 180 g/mol. The highest BCUT2D eigenvalue weighted by Gasteiger charge is 2.05. The van der Waals surface area contributed by atoms with E-state index in [9.17, 15) is 9.59 Å². The van der Waals surface area contributed by atoms with Crippen LogP contribution in [0.25, 0.3) is 0 Å². The van der Waals surface area contributed by atoms with Crippen molar-refractivity contribution in [1.29, 1.82) is 0 Å². The highest BCUT2D eigenvalue weighted by atomic mass is 16.2. The van der Waals surface area contributed by atoms with E-state index in [0.717, 1.165) is 0 Å². The van der Waals surface area contributed by atoms with Crippen LogP contribution in [-0.2, 0) is 4.79 Å². The number of amides is 2. The van der Waals surface area contributed by atoms with Gasteiger partial charge < -0.3 is 5.32 Å². The summed E-state index contributed by atoms with van der Waals surface area (Å²) in [7, 11) is 1.40. The third-order valence-electron chi connectivity index (χ3n) is 1.69. The molecule has 1 aromatic rings. The molecule has 4 nitrogen and oxygen atoms in total. The molecule has 0 fully saturated rings. The fraction of sp³-hybridized carbons (Fsp3) is 0.200. The third kappa shape index (κ3) is 2.90. The Morgan fingerprint density at radius 3 is 2.50 bits per heavy atom. The number of nitrogens with one attached hydrogen (secondary N) is 1. The lowest BCUT2D eigenvalue weighted by atomic mass is 10.2. The van der Waals surface area contributed by atoms with Gasteiger partial charge in [0.25, 0.3) is 11.8 Å². The summed E-state index contributed by atoms with van der Waals surface area (Å²) in [5.74, 6) is -0.600. The molecule has 0 saturated carbocycles. The number of benzene rings is 1. The summed E-state index contributed by atoms with van der Waals surface area (Å²) in [5, 5.41) is 5.87. The van der Waals surface area contributed by atoms with Crippen molar-refractivity contribution in [3.63, 3.8) is 0 Å². The summed E-state index contributed by atoms with van der Waals surface area (Å²) in [6.45, 7) is -0.0514. The Hall–Kier alpha value is -1.84. The average molecular weight is 191 g/mol. The summed E-state index contributed by atoms with van der Waals surface area (Å²) in [6, 6.07) is 8.72. The Balaban J connectivity index is 2.48. The van der Waals surface area contributed by atoms with Gasteiger partial charge >= 0.3 is 0 Å². The number of rotatable bonds is 3. The van der Waals surface area contributed by atoms with Gasteiger partial charge in [0, 0.05) is 12.6 Å². The van der Waals surface area contributed by atoms with Crippen molar-refractivity contribution in [2.24, 2.45) is 0 Å². The summed E-state index contributed by atoms with van der Waals surface area (Å²) in [6.07, 6.45) is 0. The largest absolute Gasteiger partial charge is 0.343 e. The maximum Gasteiger partial charge on any atom is 0.260 e. The van der Waals surface area contributed by atoms with Gasteiger partial charge in [-0.15, -0.1) is 0 Å². The molecule has 73 valence electrons. The first-order chi connectivity index (χ1) is 6.74. The molecule has 0 spiro atoms. The van der Waals surface area contributed by atoms with E-state index in [1.807, 2.05) is 6.07 Å². The van der Waals surface area contributed by atoms with Crippen LogP contribution in [0.5, 0.6) is 0 Å². The first-order valence-corrected chi connectivity index (χ1v) is 4.20. The first kappa shape index (κ1) is 10.2. The Morgan fingerprint density at radius 2 is 1.93 bits per heavy atom. The van der Waals surface area contributed by atoms with Crippen molar-refractivity contribution in [3.05, 3.63) is 35.9 Å². The monoisotopic (exact) mass is 191 g/mol. The molecule has 2 amide bonds. The first-order valence-electron chi connectivity index (χ1n) is 4.20. The van der Waals surface area contributed by atoms with Gasteiger partial charge in [-0.1, -0.05) is 18.2 Å². The topological polar surface area (TPSA) is 60.3 Å². The quantitative estimate of drug-likeness (QED) is 0.740. The van der Waals surface area contributed by atoms with E-state index in [-0.39, 0.29) is 18.4 Å². The molecular formula is C10H11N2O2. The van der Waals surface area contributed by atoms with Crippen molar-refractivity contribution in [3.8, 4) is 0 Å². The van der Waals surface area contributed by atoms with Crippen molar-refractivity contribution in [2.75, 3.05) is 13.6 Å². The lowest BCUT2D eigenvalue weighted by Gasteiger charge is -2.02. The van der Waals surface area contributed by atoms with E-state index in [1.54, 1.807) is 24.3 Å². The zero-order valence-corrected chi connectivity index (χ0v) is 7.86. The molecule has 1 N–H and O–H groups in total. The van der Waals surface area contributed by atoms with Gasteiger partial charge in [0.1, 0.15) is 0 Å². The predicted octanol–water partition coefficient (Wildman–Crippen LogP) is 0.177. The number of hydrogen-bond donors (Lipinski definition) is 1. The standard InChI is InChI=1S/C10H11N2O2/c1-11-9(13)7-12-10(14)8-5-3-2-4-6-8/h2-6H,7H2,1H3,(H,12,14). The normalized spacial score (nSPS) is 9.21. The van der Waals surface area contributed by atoms with Gasteiger partial charge in [0.15, 0.2) is 0 Å². The fourth-order valence-corrected chi connectivity index (χ4v) is 0.927. The van der Waals surface area contributed by atoms with Crippen LogP contribution in [0.15, 0.2) is 30.3 Å². The van der Waals surface area contributed by atoms with Crippen LogP contribution in [0.4, 0.5) is 0 Å². The minimum absolute atomic E-state index is 0.0514. The second-order valence-electron chi connectivity index (χ2n) is 2.67. The van der Waals surface area contributed by atoms with E-state index in [2.05, 4.69) is 10.6 Å². The highest BCUT2D eigenvalue weighted by molar-refractivity contribution is 5.96. The second-order valence-corrected chi connectivity index (χ2v) is 2.67. The minimum Gasteiger partial charge on any atom is -0.343 e. The Morgan fingerprint density at radius 1 is 1.29 bits per heavy atom. The Kier molecular flexibility index (Phi) is 3.67. The summed E-state index contributed by atoms with van der Waals surface area (Å²) in [5.41, 5.74) is 0.538. The smallest absolute Gasteiger partial charge is 0.260 e. The second kappa shape index (κ2) is 5.01. The number of nitrogens with zero attached hydrogens (tertiary/aromatic N) is 1. The molecule has 0 bridgehead atoms. The van der Waals surface area contributed by atoms with E-state index < -0.39 is 0 Å². The predicted molar refractivity (Wildman–Crippen MR) is 51.8 cm³/mol. The molecule has 0 aliphatic carbocycles. The molecule has 0 aromatic heterocycles. The Bertz CT molecular complexity index is 322. The molecule has 0 heterocycles. The van der Waals surface area contributed by atoms with Crippen LogP contribution in [0.3, 0.4) is 0 Å². The van der Waals surface area contributed by atoms with Crippen molar-refractivity contribution < 1.29 is 9.59 Å². The molecule has 0 aliphatic rings. The van der Waals surface area contributed by atoms with Crippen molar-refractivity contribution in [2.45, 2.75) is 0 Å². The van der Waals surface area contributed by atoms with Crippen LogP contribution in [-0.4, -0.2) is 25.4 Å². The van der Waals surface area contributed by atoms with E-state index in [4.69, 9.17) is 0 Å². The Labute approximate surface area is 82.3 Å². The van der Waals surface area contributed by atoms with Crippen LogP contribution in [0.2, 0.25) is 0 Å². The van der Waals surface area contributed by atoms with Gasteiger partial charge in [0.05, 0.1) is 6.54 Å². The summed E-state index contributed by atoms with van der Waals surface area (Å²) < 4.78 is 0. The summed E-state index contributed by atoms with van der Waals surface area (Å²) >= 11 is 0. The molecule has 0 atom stereocenters.